The lowest BCUT2D eigenvalue weighted by Gasteiger charge is -2.07. The van der Waals surface area contributed by atoms with Gasteiger partial charge in [-0.1, -0.05) is 44.7 Å². The lowest BCUT2D eigenvalue weighted by molar-refractivity contribution is 0.315. The molecule has 0 aliphatic heterocycles. The fraction of sp³-hybridized carbons (Fsp3) is 0.526. The van der Waals surface area contributed by atoms with Crippen molar-refractivity contribution in [1.82, 2.24) is 8.75 Å². The Bertz CT molecular complexity index is 705. The number of aliphatic imine (C=N–C) groups is 1. The van der Waals surface area contributed by atoms with Crippen LogP contribution in [0.3, 0.4) is 0 Å². The van der Waals surface area contributed by atoms with Crippen LogP contribution in [0.2, 0.25) is 0 Å². The van der Waals surface area contributed by atoms with E-state index >= 15 is 0 Å². The molecular formula is C19H29N5O2S. The van der Waals surface area contributed by atoms with E-state index in [0.717, 1.165) is 30.7 Å². The molecule has 1 aromatic carbocycles. The van der Waals surface area contributed by atoms with E-state index in [0.29, 0.717) is 19.0 Å². The fourth-order valence-corrected chi connectivity index (χ4v) is 3.14. The maximum Gasteiger partial charge on any atom is 0.232 e. The summed E-state index contributed by atoms with van der Waals surface area (Å²) in [6.45, 7) is 4.27. The van der Waals surface area contributed by atoms with Gasteiger partial charge in [0.1, 0.15) is 5.75 Å². The minimum absolute atomic E-state index is 0.187. The van der Waals surface area contributed by atoms with E-state index in [1.165, 1.54) is 25.7 Å². The summed E-state index contributed by atoms with van der Waals surface area (Å²) < 4.78 is 24.3. The zero-order valence-electron chi connectivity index (χ0n) is 15.9. The van der Waals surface area contributed by atoms with Crippen molar-refractivity contribution in [2.24, 2.45) is 4.99 Å². The molecule has 0 amide bonds. The van der Waals surface area contributed by atoms with Gasteiger partial charge in [-0.15, -0.1) is 0 Å². The third-order valence-corrected chi connectivity index (χ3v) is 4.65. The van der Waals surface area contributed by atoms with Gasteiger partial charge in [-0.05, 0) is 30.5 Å². The van der Waals surface area contributed by atoms with E-state index in [-0.39, 0.29) is 5.82 Å². The lowest BCUT2D eigenvalue weighted by Crippen LogP contribution is -2.08. The number of rotatable bonds is 13. The number of nitrogens with zero attached hydrogens (tertiary/aromatic N) is 3. The van der Waals surface area contributed by atoms with Crippen LogP contribution in [0.5, 0.6) is 5.75 Å². The van der Waals surface area contributed by atoms with E-state index < -0.39 is 11.1 Å². The molecule has 1 heterocycles. The van der Waals surface area contributed by atoms with Gasteiger partial charge in [0.05, 0.1) is 6.61 Å². The highest BCUT2D eigenvalue weighted by molar-refractivity contribution is 7.14. The van der Waals surface area contributed by atoms with E-state index in [2.05, 4.69) is 26.0 Å². The first-order valence-electron chi connectivity index (χ1n) is 9.51. The van der Waals surface area contributed by atoms with Gasteiger partial charge in [0.25, 0.3) is 0 Å². The molecule has 2 aromatic rings. The quantitative estimate of drug-likeness (QED) is 0.303. The third-order valence-electron chi connectivity index (χ3n) is 3.96. The summed E-state index contributed by atoms with van der Waals surface area (Å²) in [5, 5.41) is 3.01. The highest BCUT2D eigenvalue weighted by Gasteiger charge is 2.10. The number of nitrogens with two attached hydrogens (primary N) is 1. The molecule has 2 rings (SSSR count). The van der Waals surface area contributed by atoms with Crippen LogP contribution in [0.1, 0.15) is 51.0 Å². The SMILES string of the molecule is CCCCCCCN=Cc1cccc(OCCCNc2n[s+]([O-])nc2N)c1. The summed E-state index contributed by atoms with van der Waals surface area (Å²) in [4.78, 5) is 4.50. The molecule has 27 heavy (non-hydrogen) atoms. The van der Waals surface area contributed by atoms with Crippen LogP contribution in [-0.4, -0.2) is 39.2 Å². The number of benzene rings is 1. The standard InChI is InChI=1S/C19H29N5O2S/c1-2-3-4-5-6-11-21-15-16-9-7-10-17(14-16)26-13-8-12-22-19-18(20)23-27(25)24-19/h7,9-10,14-15H,2-6,8,11-13H2,1H3,(H2,20,23)(H,22,24). The van der Waals surface area contributed by atoms with Gasteiger partial charge < -0.3 is 20.3 Å². The summed E-state index contributed by atoms with van der Waals surface area (Å²) in [7, 11) is 0. The van der Waals surface area contributed by atoms with Gasteiger partial charge in [-0.25, -0.2) is 0 Å². The minimum atomic E-state index is -1.58. The monoisotopic (exact) mass is 391 g/mol. The first kappa shape index (κ1) is 21.1. The molecule has 0 aliphatic carbocycles. The Morgan fingerprint density at radius 2 is 2.07 bits per heavy atom. The second-order valence-corrected chi connectivity index (χ2v) is 7.12. The van der Waals surface area contributed by atoms with E-state index in [9.17, 15) is 4.55 Å². The van der Waals surface area contributed by atoms with Crippen LogP contribution >= 0.6 is 11.1 Å². The Hall–Kier alpha value is -2.19. The van der Waals surface area contributed by atoms with Crippen LogP contribution in [0.25, 0.3) is 0 Å². The van der Waals surface area contributed by atoms with Gasteiger partial charge in [-0.3, -0.25) is 4.99 Å². The van der Waals surface area contributed by atoms with Gasteiger partial charge in [0.15, 0.2) is 11.1 Å². The second kappa shape index (κ2) is 12.2. The van der Waals surface area contributed by atoms with Crippen molar-refractivity contribution < 1.29 is 9.29 Å². The van der Waals surface area contributed by atoms with Crippen LogP contribution < -0.4 is 15.8 Å². The van der Waals surface area contributed by atoms with Gasteiger partial charge in [-0.2, -0.15) is 0 Å². The van der Waals surface area contributed by atoms with Crippen LogP contribution in [0.15, 0.2) is 29.3 Å². The van der Waals surface area contributed by atoms with Crippen molar-refractivity contribution in [3.8, 4) is 5.75 Å². The van der Waals surface area contributed by atoms with E-state index in [1.54, 1.807) is 0 Å². The Morgan fingerprint density at radius 1 is 1.22 bits per heavy atom. The second-order valence-electron chi connectivity index (χ2n) is 6.30. The number of hydrogen-bond acceptors (Lipinski definition) is 7. The molecule has 1 aromatic heterocycles. The lowest BCUT2D eigenvalue weighted by atomic mass is 10.1. The topological polar surface area (TPSA) is 108 Å². The summed E-state index contributed by atoms with van der Waals surface area (Å²) in [5.41, 5.74) is 6.64. The molecule has 3 N–H and O–H groups in total. The first-order chi connectivity index (χ1) is 13.2. The predicted octanol–water partition coefficient (Wildman–Crippen LogP) is 4.06. The molecule has 0 fully saturated rings. The summed E-state index contributed by atoms with van der Waals surface area (Å²) >= 11 is -1.58. The Labute approximate surface area is 164 Å². The van der Waals surface area contributed by atoms with Crippen molar-refractivity contribution >= 4 is 29.0 Å². The number of aromatic nitrogens is 2. The Kier molecular flexibility index (Phi) is 9.57. The normalized spacial score (nSPS) is 11.9. The number of ether oxygens (including phenoxy) is 1. The predicted molar refractivity (Wildman–Crippen MR) is 111 cm³/mol. The largest absolute Gasteiger partial charge is 0.546 e. The van der Waals surface area contributed by atoms with Crippen molar-refractivity contribution in [3.63, 3.8) is 0 Å². The van der Waals surface area contributed by atoms with Gasteiger partial charge >= 0.3 is 0 Å². The minimum Gasteiger partial charge on any atom is -0.546 e. The zero-order chi connectivity index (χ0) is 19.3. The molecule has 148 valence electrons. The summed E-state index contributed by atoms with van der Waals surface area (Å²) in [6, 6.07) is 7.92. The maximum absolute atomic E-state index is 11.1. The first-order valence-corrected chi connectivity index (χ1v) is 10.6. The summed E-state index contributed by atoms with van der Waals surface area (Å²) in [6.07, 6.45) is 8.95. The van der Waals surface area contributed by atoms with Crippen LogP contribution in [-0.2, 0) is 0 Å². The van der Waals surface area contributed by atoms with Gasteiger partial charge in [0.2, 0.25) is 11.6 Å². The maximum atomic E-state index is 11.1. The smallest absolute Gasteiger partial charge is 0.232 e. The highest BCUT2D eigenvalue weighted by Crippen LogP contribution is 2.18. The molecule has 0 saturated heterocycles. The van der Waals surface area contributed by atoms with E-state index in [4.69, 9.17) is 10.5 Å². The number of unbranched alkanes of at least 4 members (excludes halogenated alkanes) is 4. The van der Waals surface area contributed by atoms with Gasteiger partial charge in [0, 0.05) is 28.1 Å². The summed E-state index contributed by atoms with van der Waals surface area (Å²) in [5.74, 6) is 1.40. The Balaban J connectivity index is 1.64. The molecule has 1 atom stereocenters. The number of nitrogens with one attached hydrogen (secondary N) is 1. The molecule has 1 unspecified atom stereocenters. The zero-order valence-corrected chi connectivity index (χ0v) is 16.7. The van der Waals surface area contributed by atoms with Crippen molar-refractivity contribution in [1.29, 1.82) is 0 Å². The number of anilines is 2. The molecule has 0 radical (unpaired) electrons. The number of nitrogen functional groups attached to an aromatic ring is 1. The number of hydrogen-bond donors (Lipinski definition) is 2. The molecule has 0 aliphatic rings. The highest BCUT2D eigenvalue weighted by atomic mass is 32.2. The molecule has 0 spiro atoms. The molecule has 8 heteroatoms. The Morgan fingerprint density at radius 3 is 2.85 bits per heavy atom. The molecule has 7 nitrogen and oxygen atoms in total. The van der Waals surface area contributed by atoms with E-state index in [1.807, 2.05) is 30.5 Å². The average Bonchev–Trinajstić information content (AvgIpc) is 2.98. The van der Waals surface area contributed by atoms with Crippen molar-refractivity contribution in [2.75, 3.05) is 30.7 Å². The average molecular weight is 392 g/mol. The molecular weight excluding hydrogens is 362 g/mol. The third kappa shape index (κ3) is 8.36. The fourth-order valence-electron chi connectivity index (χ4n) is 2.53. The van der Waals surface area contributed by atoms with Crippen molar-refractivity contribution in [2.45, 2.75) is 45.4 Å². The molecule has 0 bridgehead atoms. The van der Waals surface area contributed by atoms with Crippen molar-refractivity contribution in [3.05, 3.63) is 29.8 Å². The van der Waals surface area contributed by atoms with Crippen LogP contribution in [0, 0.1) is 0 Å². The van der Waals surface area contributed by atoms with Crippen LogP contribution in [0.4, 0.5) is 11.6 Å². The molecule has 0 saturated carbocycles.